The highest BCUT2D eigenvalue weighted by Gasteiger charge is 2.35. The van der Waals surface area contributed by atoms with Crippen LogP contribution in [0.3, 0.4) is 0 Å². The van der Waals surface area contributed by atoms with Crippen molar-refractivity contribution in [2.24, 2.45) is 0 Å². The number of fused-ring (bicyclic) bond motifs is 1. The van der Waals surface area contributed by atoms with E-state index in [1.54, 1.807) is 0 Å². The van der Waals surface area contributed by atoms with Gasteiger partial charge in [-0.15, -0.1) is 0 Å². The number of aryl methyl sites for hydroxylation is 2. The Balaban J connectivity index is 1.53. The molecule has 0 bridgehead atoms. The molecule has 208 valence electrons. The number of amides is 1. The lowest BCUT2D eigenvalue weighted by Gasteiger charge is -2.25. The number of hydrogen-bond donors (Lipinski definition) is 4. The molecule has 0 aromatic carbocycles. The van der Waals surface area contributed by atoms with E-state index in [2.05, 4.69) is 38.1 Å². The van der Waals surface area contributed by atoms with Gasteiger partial charge in [-0.1, -0.05) is 6.07 Å². The van der Waals surface area contributed by atoms with Crippen molar-refractivity contribution in [3.05, 3.63) is 41.5 Å². The van der Waals surface area contributed by atoms with Crippen LogP contribution in [-0.4, -0.2) is 75.6 Å². The van der Waals surface area contributed by atoms with E-state index in [0.29, 0.717) is 26.2 Å². The van der Waals surface area contributed by atoms with E-state index >= 15 is 0 Å². The van der Waals surface area contributed by atoms with Crippen molar-refractivity contribution in [2.75, 3.05) is 43.4 Å². The summed E-state index contributed by atoms with van der Waals surface area (Å²) in [6, 6.07) is 4.23. The fraction of sp³-hybridized carbons (Fsp3) is 0.560. The van der Waals surface area contributed by atoms with Crippen molar-refractivity contribution >= 4 is 23.5 Å². The van der Waals surface area contributed by atoms with Crippen LogP contribution in [0.2, 0.25) is 0 Å². The molecule has 10 nitrogen and oxygen atoms in total. The third kappa shape index (κ3) is 9.43. The summed E-state index contributed by atoms with van der Waals surface area (Å²) in [5.74, 6) is -1.95. The molecule has 0 aliphatic carbocycles. The van der Waals surface area contributed by atoms with E-state index in [0.717, 1.165) is 56.4 Å². The number of pyridine rings is 1. The molecular weight excluding hydrogens is 503 g/mol. The molecule has 0 radical (unpaired) electrons. The molecule has 0 saturated heterocycles. The van der Waals surface area contributed by atoms with Crippen LogP contribution in [0, 0.1) is 0 Å². The fourth-order valence-electron chi connectivity index (χ4n) is 4.20. The Bertz CT molecular complexity index is 1080. The Hall–Kier alpha value is -3.48. The number of carbonyl (C=O) groups is 2. The van der Waals surface area contributed by atoms with E-state index in [1.165, 1.54) is 18.6 Å². The van der Waals surface area contributed by atoms with Gasteiger partial charge in [0.25, 0.3) is 0 Å². The average molecular weight is 538 g/mol. The molecule has 13 heteroatoms. The number of carboxylic acid groups (broad SMARTS) is 1. The lowest BCUT2D eigenvalue weighted by atomic mass is 10.1. The van der Waals surface area contributed by atoms with Crippen LogP contribution in [0.25, 0.3) is 0 Å². The summed E-state index contributed by atoms with van der Waals surface area (Å²) in [6.45, 7) is 4.30. The lowest BCUT2D eigenvalue weighted by molar-refractivity contribution is -0.144. The zero-order valence-corrected chi connectivity index (χ0v) is 21.4. The molecular formula is C25H34F3N7O3. The maximum atomic E-state index is 12.9. The van der Waals surface area contributed by atoms with Gasteiger partial charge < -0.3 is 26.0 Å². The van der Waals surface area contributed by atoms with E-state index < -0.39 is 24.0 Å². The summed E-state index contributed by atoms with van der Waals surface area (Å²) in [7, 11) is 0. The minimum atomic E-state index is -4.73. The van der Waals surface area contributed by atoms with E-state index in [1.807, 2.05) is 4.90 Å². The molecule has 1 aliphatic rings. The maximum Gasteiger partial charge on any atom is 0.451 e. The molecule has 3 heterocycles. The summed E-state index contributed by atoms with van der Waals surface area (Å²) >= 11 is 0. The van der Waals surface area contributed by atoms with Crippen LogP contribution in [0.15, 0.2) is 24.4 Å². The number of rotatable bonds is 14. The molecule has 4 N–H and O–H groups in total. The van der Waals surface area contributed by atoms with Gasteiger partial charge in [0.1, 0.15) is 17.7 Å². The molecule has 1 aliphatic heterocycles. The Kier molecular flexibility index (Phi) is 10.6. The molecule has 0 saturated carbocycles. The van der Waals surface area contributed by atoms with Gasteiger partial charge in [-0.3, -0.25) is 4.79 Å². The van der Waals surface area contributed by atoms with Crippen LogP contribution >= 0.6 is 0 Å². The lowest BCUT2D eigenvalue weighted by Crippen LogP contribution is -2.39. The number of nitrogens with zero attached hydrogens (tertiary/aromatic N) is 4. The number of alkyl halides is 3. The number of carboxylic acids is 1. The molecule has 0 fully saturated rings. The SMILES string of the molecule is CC(=O)NCCN(CCCCc1ccc2c(n1)NCCC2)CC[C@H](Nc1ccnc(C(F)(F)F)n1)C(=O)O. The number of halogens is 3. The summed E-state index contributed by atoms with van der Waals surface area (Å²) in [5, 5.41) is 18.3. The van der Waals surface area contributed by atoms with Gasteiger partial charge in [0.2, 0.25) is 11.7 Å². The standard InChI is InChI=1S/C25H34F3N7O3/c1-17(36)29-13-16-35(14-3-2-6-19-8-7-18-5-4-11-30-22(18)32-19)15-10-20(23(37)38)33-21-9-12-31-24(34-21)25(26,27)28/h7-9,12,20H,2-6,10-11,13-16H2,1H3,(H,29,36)(H,30,32)(H,37,38)(H,31,33,34)/t20-/m0/s1. The zero-order valence-electron chi connectivity index (χ0n) is 21.4. The second kappa shape index (κ2) is 13.9. The second-order valence-corrected chi connectivity index (χ2v) is 9.21. The summed E-state index contributed by atoms with van der Waals surface area (Å²) in [4.78, 5) is 36.4. The fourth-order valence-corrected chi connectivity index (χ4v) is 4.20. The quantitative estimate of drug-likeness (QED) is 0.269. The number of hydrogen-bond acceptors (Lipinski definition) is 8. The van der Waals surface area contributed by atoms with Crippen molar-refractivity contribution in [3.63, 3.8) is 0 Å². The molecule has 38 heavy (non-hydrogen) atoms. The molecule has 0 unspecified atom stereocenters. The van der Waals surface area contributed by atoms with Gasteiger partial charge in [0, 0.05) is 45.0 Å². The summed E-state index contributed by atoms with van der Waals surface area (Å²) in [5.41, 5.74) is 2.25. The van der Waals surface area contributed by atoms with Crippen LogP contribution in [0.4, 0.5) is 24.8 Å². The van der Waals surface area contributed by atoms with Crippen LogP contribution in [0.5, 0.6) is 0 Å². The van der Waals surface area contributed by atoms with Gasteiger partial charge in [0.05, 0.1) is 0 Å². The number of nitrogens with one attached hydrogen (secondary N) is 3. The van der Waals surface area contributed by atoms with Crippen molar-refractivity contribution < 1.29 is 27.9 Å². The van der Waals surface area contributed by atoms with Crippen molar-refractivity contribution in [1.29, 1.82) is 0 Å². The van der Waals surface area contributed by atoms with Crippen molar-refractivity contribution in [2.45, 2.75) is 57.7 Å². The average Bonchev–Trinajstić information content (AvgIpc) is 2.87. The number of anilines is 2. The second-order valence-electron chi connectivity index (χ2n) is 9.21. The van der Waals surface area contributed by atoms with Gasteiger partial charge in [-0.25, -0.2) is 19.7 Å². The molecule has 3 rings (SSSR count). The third-order valence-electron chi connectivity index (χ3n) is 6.17. The van der Waals surface area contributed by atoms with E-state index in [4.69, 9.17) is 4.98 Å². The largest absolute Gasteiger partial charge is 0.480 e. The normalized spacial score (nSPS) is 13.9. The Labute approximate surface area is 219 Å². The highest BCUT2D eigenvalue weighted by molar-refractivity contribution is 5.76. The van der Waals surface area contributed by atoms with E-state index in [-0.39, 0.29) is 18.1 Å². The van der Waals surface area contributed by atoms with Gasteiger partial charge in [-0.05, 0) is 62.8 Å². The molecule has 0 spiro atoms. The smallest absolute Gasteiger partial charge is 0.451 e. The summed E-state index contributed by atoms with van der Waals surface area (Å²) in [6.07, 6.45) is 0.983. The molecule has 2 aromatic heterocycles. The number of aromatic nitrogens is 3. The molecule has 2 aromatic rings. The van der Waals surface area contributed by atoms with Crippen LogP contribution in [0.1, 0.15) is 49.7 Å². The number of aliphatic carboxylic acids is 1. The number of carbonyl (C=O) groups excluding carboxylic acids is 1. The first-order valence-electron chi connectivity index (χ1n) is 12.7. The van der Waals surface area contributed by atoms with Crippen molar-refractivity contribution in [1.82, 2.24) is 25.2 Å². The zero-order chi connectivity index (χ0) is 27.5. The van der Waals surface area contributed by atoms with Gasteiger partial charge in [-0.2, -0.15) is 13.2 Å². The Morgan fingerprint density at radius 1 is 1.16 bits per heavy atom. The van der Waals surface area contributed by atoms with Crippen molar-refractivity contribution in [3.8, 4) is 0 Å². The Morgan fingerprint density at radius 2 is 1.97 bits per heavy atom. The summed E-state index contributed by atoms with van der Waals surface area (Å²) < 4.78 is 38.7. The monoisotopic (exact) mass is 537 g/mol. The van der Waals surface area contributed by atoms with Gasteiger partial charge in [0.15, 0.2) is 0 Å². The first-order chi connectivity index (χ1) is 18.1. The van der Waals surface area contributed by atoms with Crippen LogP contribution < -0.4 is 16.0 Å². The highest BCUT2D eigenvalue weighted by Crippen LogP contribution is 2.26. The molecule has 1 amide bonds. The number of unbranched alkanes of at least 4 members (excludes halogenated alkanes) is 1. The first-order valence-corrected chi connectivity index (χ1v) is 12.7. The Morgan fingerprint density at radius 3 is 2.71 bits per heavy atom. The minimum Gasteiger partial charge on any atom is -0.480 e. The maximum absolute atomic E-state index is 12.9. The predicted octanol–water partition coefficient (Wildman–Crippen LogP) is 2.96. The first kappa shape index (κ1) is 29.1. The van der Waals surface area contributed by atoms with E-state index in [9.17, 15) is 27.9 Å². The van der Waals surface area contributed by atoms with Crippen LogP contribution in [-0.2, 0) is 28.6 Å². The minimum absolute atomic E-state index is 0.124. The molecule has 1 atom stereocenters. The third-order valence-corrected chi connectivity index (χ3v) is 6.17. The van der Waals surface area contributed by atoms with Gasteiger partial charge >= 0.3 is 12.1 Å². The predicted molar refractivity (Wildman–Crippen MR) is 136 cm³/mol. The highest BCUT2D eigenvalue weighted by atomic mass is 19.4. The topological polar surface area (TPSA) is 132 Å².